The van der Waals surface area contributed by atoms with Crippen LogP contribution in [0.25, 0.3) is 0 Å². The van der Waals surface area contributed by atoms with E-state index >= 15 is 0 Å². The van der Waals surface area contributed by atoms with Crippen molar-refractivity contribution in [3.8, 4) is 0 Å². The van der Waals surface area contributed by atoms with Gasteiger partial charge in [0.2, 0.25) is 0 Å². The first-order valence-corrected chi connectivity index (χ1v) is 5.24. The van der Waals surface area contributed by atoms with Gasteiger partial charge in [-0.3, -0.25) is 4.79 Å². The van der Waals surface area contributed by atoms with E-state index in [0.717, 1.165) is 5.56 Å². The molecule has 1 rings (SSSR count). The van der Waals surface area contributed by atoms with Crippen molar-refractivity contribution < 1.29 is 13.9 Å². The highest BCUT2D eigenvalue weighted by Gasteiger charge is 2.02. The van der Waals surface area contributed by atoms with Gasteiger partial charge >= 0.3 is 5.97 Å². The number of esters is 1. The molecule has 3 nitrogen and oxygen atoms in total. The lowest BCUT2D eigenvalue weighted by Crippen LogP contribution is -2.12. The van der Waals surface area contributed by atoms with Crippen LogP contribution in [-0.2, 0) is 16.0 Å². The van der Waals surface area contributed by atoms with E-state index in [1.165, 1.54) is 6.07 Å². The van der Waals surface area contributed by atoms with Gasteiger partial charge in [-0.15, -0.1) is 0 Å². The van der Waals surface area contributed by atoms with Gasteiger partial charge in [0.1, 0.15) is 5.82 Å². The molecule has 0 amide bonds. The van der Waals surface area contributed by atoms with Crippen LogP contribution < -0.4 is 5.73 Å². The summed E-state index contributed by atoms with van der Waals surface area (Å²) in [5.41, 5.74) is 6.77. The number of halogens is 1. The second-order valence-corrected chi connectivity index (χ2v) is 3.59. The molecule has 1 aromatic carbocycles. The van der Waals surface area contributed by atoms with Crippen LogP contribution in [0.5, 0.6) is 0 Å². The van der Waals surface area contributed by atoms with E-state index in [2.05, 4.69) is 0 Å². The number of ether oxygens (including phenoxy) is 1. The molecule has 0 aromatic heterocycles. The van der Waals surface area contributed by atoms with Gasteiger partial charge in [0.25, 0.3) is 0 Å². The van der Waals surface area contributed by atoms with Crippen LogP contribution >= 0.6 is 0 Å². The summed E-state index contributed by atoms with van der Waals surface area (Å²) in [7, 11) is 0. The molecule has 0 saturated carbocycles. The van der Waals surface area contributed by atoms with E-state index < -0.39 is 0 Å². The van der Waals surface area contributed by atoms with Gasteiger partial charge in [-0.1, -0.05) is 12.1 Å². The molecule has 0 fully saturated rings. The normalized spacial score (nSPS) is 10.2. The number of hydrogen-bond acceptors (Lipinski definition) is 3. The lowest BCUT2D eigenvalue weighted by atomic mass is 10.1. The van der Waals surface area contributed by atoms with Gasteiger partial charge in [0, 0.05) is 13.0 Å². The van der Waals surface area contributed by atoms with Crippen molar-refractivity contribution in [2.24, 2.45) is 5.73 Å². The zero-order chi connectivity index (χ0) is 12.0. The predicted molar refractivity (Wildman–Crippen MR) is 59.5 cm³/mol. The van der Waals surface area contributed by atoms with E-state index in [1.54, 1.807) is 19.1 Å². The number of aryl methyl sites for hydroxylation is 1. The second-order valence-electron chi connectivity index (χ2n) is 3.59. The first-order valence-electron chi connectivity index (χ1n) is 5.24. The van der Waals surface area contributed by atoms with Crippen LogP contribution in [0, 0.1) is 12.7 Å². The van der Waals surface area contributed by atoms with Gasteiger partial charge in [0.15, 0.2) is 0 Å². The molecule has 0 unspecified atom stereocenters. The molecular formula is C12H16FNO2. The molecule has 16 heavy (non-hydrogen) atoms. The van der Waals surface area contributed by atoms with E-state index in [4.69, 9.17) is 10.5 Å². The molecule has 2 N–H and O–H groups in total. The van der Waals surface area contributed by atoms with Gasteiger partial charge in [-0.05, 0) is 24.1 Å². The van der Waals surface area contributed by atoms with Crippen LogP contribution in [0.15, 0.2) is 18.2 Å². The van der Waals surface area contributed by atoms with Crippen molar-refractivity contribution in [1.29, 1.82) is 0 Å². The quantitative estimate of drug-likeness (QED) is 0.774. The van der Waals surface area contributed by atoms with E-state index in [-0.39, 0.29) is 18.2 Å². The molecular weight excluding hydrogens is 209 g/mol. The minimum atomic E-state index is -0.290. The summed E-state index contributed by atoms with van der Waals surface area (Å²) in [5.74, 6) is -0.509. The van der Waals surface area contributed by atoms with E-state index in [0.29, 0.717) is 25.1 Å². The predicted octanol–water partition coefficient (Wildman–Crippen LogP) is 1.57. The van der Waals surface area contributed by atoms with Crippen molar-refractivity contribution in [2.75, 3.05) is 13.2 Å². The summed E-state index contributed by atoms with van der Waals surface area (Å²) in [4.78, 5) is 11.0. The van der Waals surface area contributed by atoms with Gasteiger partial charge in [0.05, 0.1) is 13.0 Å². The summed E-state index contributed by atoms with van der Waals surface area (Å²) in [6.07, 6.45) is 0.833. The highest BCUT2D eigenvalue weighted by molar-refractivity contribution is 5.69. The first kappa shape index (κ1) is 12.6. The lowest BCUT2D eigenvalue weighted by molar-refractivity contribution is -0.143. The minimum Gasteiger partial charge on any atom is -0.465 e. The van der Waals surface area contributed by atoms with Crippen LogP contribution in [-0.4, -0.2) is 19.1 Å². The van der Waals surface area contributed by atoms with Crippen molar-refractivity contribution in [3.05, 3.63) is 35.1 Å². The Hall–Kier alpha value is -1.42. The fourth-order valence-corrected chi connectivity index (χ4v) is 1.34. The van der Waals surface area contributed by atoms with Crippen molar-refractivity contribution in [2.45, 2.75) is 19.8 Å². The second kappa shape index (κ2) is 6.23. The summed E-state index contributed by atoms with van der Waals surface area (Å²) < 4.78 is 17.9. The fourth-order valence-electron chi connectivity index (χ4n) is 1.34. The van der Waals surface area contributed by atoms with Gasteiger partial charge in [-0.25, -0.2) is 4.39 Å². The Morgan fingerprint density at radius 1 is 1.50 bits per heavy atom. The lowest BCUT2D eigenvalue weighted by Gasteiger charge is -2.05. The number of rotatable bonds is 5. The number of carbonyl (C=O) groups excluding carboxylic acids is 1. The van der Waals surface area contributed by atoms with Crippen LogP contribution in [0.3, 0.4) is 0 Å². The molecule has 0 heterocycles. The monoisotopic (exact) mass is 225 g/mol. The molecule has 0 saturated heterocycles. The maximum Gasteiger partial charge on any atom is 0.307 e. The topological polar surface area (TPSA) is 52.3 Å². The maximum atomic E-state index is 13.0. The Morgan fingerprint density at radius 3 is 2.88 bits per heavy atom. The Kier molecular flexibility index (Phi) is 4.92. The third kappa shape index (κ3) is 3.98. The van der Waals surface area contributed by atoms with Crippen molar-refractivity contribution >= 4 is 5.97 Å². The average molecular weight is 225 g/mol. The Morgan fingerprint density at radius 2 is 2.25 bits per heavy atom. The molecule has 0 aliphatic rings. The molecule has 0 bridgehead atoms. The molecule has 0 aliphatic carbocycles. The maximum absolute atomic E-state index is 13.0. The highest BCUT2D eigenvalue weighted by atomic mass is 19.1. The standard InChI is InChI=1S/C12H16FNO2/c1-9-8-10(2-3-11(9)13)5-7-16-12(15)4-6-14/h2-3,8H,4-7,14H2,1H3. The Labute approximate surface area is 94.4 Å². The molecule has 1 aromatic rings. The fraction of sp³-hybridized carbons (Fsp3) is 0.417. The molecule has 88 valence electrons. The Balaban J connectivity index is 2.37. The summed E-state index contributed by atoms with van der Waals surface area (Å²) >= 11 is 0. The molecule has 0 aliphatic heterocycles. The Bertz CT molecular complexity index is 366. The van der Waals surface area contributed by atoms with Crippen molar-refractivity contribution in [3.63, 3.8) is 0 Å². The number of hydrogen-bond donors (Lipinski definition) is 1. The third-order valence-electron chi connectivity index (χ3n) is 2.22. The molecule has 4 heteroatoms. The number of nitrogens with two attached hydrogens (primary N) is 1. The van der Waals surface area contributed by atoms with Crippen molar-refractivity contribution in [1.82, 2.24) is 0 Å². The highest BCUT2D eigenvalue weighted by Crippen LogP contribution is 2.09. The summed E-state index contributed by atoms with van der Waals surface area (Å²) in [6, 6.07) is 4.87. The molecule has 0 spiro atoms. The minimum absolute atomic E-state index is 0.219. The van der Waals surface area contributed by atoms with E-state index in [1.807, 2.05) is 0 Å². The SMILES string of the molecule is Cc1cc(CCOC(=O)CCN)ccc1F. The van der Waals surface area contributed by atoms with Crippen LogP contribution in [0.2, 0.25) is 0 Å². The zero-order valence-corrected chi connectivity index (χ0v) is 9.33. The van der Waals surface area contributed by atoms with Crippen LogP contribution in [0.1, 0.15) is 17.5 Å². The van der Waals surface area contributed by atoms with Gasteiger partial charge in [-0.2, -0.15) is 0 Å². The van der Waals surface area contributed by atoms with Crippen LogP contribution in [0.4, 0.5) is 4.39 Å². The van der Waals surface area contributed by atoms with Gasteiger partial charge < -0.3 is 10.5 Å². The first-order chi connectivity index (χ1) is 7.63. The zero-order valence-electron chi connectivity index (χ0n) is 9.33. The third-order valence-corrected chi connectivity index (χ3v) is 2.22. The smallest absolute Gasteiger partial charge is 0.307 e. The molecule has 0 radical (unpaired) electrons. The summed E-state index contributed by atoms with van der Waals surface area (Å²) in [6.45, 7) is 2.32. The average Bonchev–Trinajstić information content (AvgIpc) is 2.24. The number of carbonyl (C=O) groups is 1. The largest absolute Gasteiger partial charge is 0.465 e. The number of benzene rings is 1. The molecule has 0 atom stereocenters. The van der Waals surface area contributed by atoms with E-state index in [9.17, 15) is 9.18 Å². The summed E-state index contributed by atoms with van der Waals surface area (Å²) in [5, 5.41) is 0.